The summed E-state index contributed by atoms with van der Waals surface area (Å²) in [6.07, 6.45) is -0.695. The maximum Gasteiger partial charge on any atom is 0.433 e. The highest BCUT2D eigenvalue weighted by Crippen LogP contribution is 2.29. The Morgan fingerprint density at radius 3 is 2.60 bits per heavy atom. The molecule has 0 atom stereocenters. The van der Waals surface area contributed by atoms with E-state index >= 15 is 0 Å². The summed E-state index contributed by atoms with van der Waals surface area (Å²) >= 11 is 0. The molecule has 0 amide bonds. The molecule has 20 heavy (non-hydrogen) atoms. The first kappa shape index (κ1) is 14.3. The van der Waals surface area contributed by atoms with Crippen molar-refractivity contribution in [2.24, 2.45) is 0 Å². The van der Waals surface area contributed by atoms with E-state index in [9.17, 15) is 13.2 Å². The van der Waals surface area contributed by atoms with Crippen LogP contribution in [0.1, 0.15) is 24.9 Å². The third-order valence-corrected chi connectivity index (χ3v) is 2.61. The molecule has 0 aliphatic heterocycles. The average molecular weight is 285 g/mol. The Bertz CT molecular complexity index is 591. The molecule has 0 bridgehead atoms. The maximum absolute atomic E-state index is 12.9. The molecule has 108 valence electrons. The molecule has 5 nitrogen and oxygen atoms in total. The Labute approximate surface area is 113 Å². The number of rotatable bonds is 4. The van der Waals surface area contributed by atoms with Gasteiger partial charge in [-0.25, -0.2) is 9.97 Å². The summed E-state index contributed by atoms with van der Waals surface area (Å²) in [6.45, 7) is 4.10. The first-order chi connectivity index (χ1) is 9.41. The predicted octanol–water partition coefficient (Wildman–Crippen LogP) is 2.81. The Morgan fingerprint density at radius 2 is 2.05 bits per heavy atom. The molecule has 0 radical (unpaired) electrons. The van der Waals surface area contributed by atoms with Crippen LogP contribution in [0.4, 0.5) is 19.1 Å². The molecule has 2 aromatic rings. The molecule has 1 N–H and O–H groups in total. The number of nitrogens with zero attached hydrogens (tertiary/aromatic N) is 4. The number of anilines is 1. The minimum Gasteiger partial charge on any atom is -0.354 e. The SMILES string of the molecule is CCCNc1nc(-n2ccnc2C)cc(C(F)(F)F)n1. The quantitative estimate of drug-likeness (QED) is 0.938. The molecule has 0 aromatic carbocycles. The molecular weight excluding hydrogens is 271 g/mol. The lowest BCUT2D eigenvalue weighted by Gasteiger charge is -2.12. The molecule has 2 heterocycles. The largest absolute Gasteiger partial charge is 0.433 e. The Morgan fingerprint density at radius 1 is 1.30 bits per heavy atom. The van der Waals surface area contributed by atoms with E-state index in [1.165, 1.54) is 10.8 Å². The van der Waals surface area contributed by atoms with Gasteiger partial charge in [-0.05, 0) is 13.3 Å². The summed E-state index contributed by atoms with van der Waals surface area (Å²) in [7, 11) is 0. The third-order valence-electron chi connectivity index (χ3n) is 2.61. The van der Waals surface area contributed by atoms with Gasteiger partial charge in [0.25, 0.3) is 0 Å². The molecule has 0 aliphatic rings. The van der Waals surface area contributed by atoms with E-state index in [2.05, 4.69) is 20.3 Å². The van der Waals surface area contributed by atoms with E-state index in [0.29, 0.717) is 12.4 Å². The van der Waals surface area contributed by atoms with Crippen LogP contribution < -0.4 is 5.32 Å². The zero-order valence-electron chi connectivity index (χ0n) is 11.1. The van der Waals surface area contributed by atoms with Crippen LogP contribution in [0.3, 0.4) is 0 Å². The van der Waals surface area contributed by atoms with Gasteiger partial charge in [0.2, 0.25) is 5.95 Å². The Hall–Kier alpha value is -2.12. The zero-order chi connectivity index (χ0) is 14.8. The van der Waals surface area contributed by atoms with Gasteiger partial charge in [0.15, 0.2) is 5.69 Å². The molecule has 0 unspecified atom stereocenters. The van der Waals surface area contributed by atoms with Gasteiger partial charge >= 0.3 is 6.18 Å². The van der Waals surface area contributed by atoms with Crippen molar-refractivity contribution in [3.8, 4) is 5.82 Å². The fourth-order valence-electron chi connectivity index (χ4n) is 1.64. The van der Waals surface area contributed by atoms with Gasteiger partial charge in [-0.3, -0.25) is 4.57 Å². The van der Waals surface area contributed by atoms with E-state index in [1.807, 2.05) is 6.92 Å². The normalized spacial score (nSPS) is 11.7. The second kappa shape index (κ2) is 5.48. The van der Waals surface area contributed by atoms with Crippen molar-refractivity contribution in [2.75, 3.05) is 11.9 Å². The maximum atomic E-state index is 12.9. The van der Waals surface area contributed by atoms with Gasteiger partial charge in [-0.2, -0.15) is 18.2 Å². The fourth-order valence-corrected chi connectivity index (χ4v) is 1.64. The zero-order valence-corrected chi connectivity index (χ0v) is 11.1. The summed E-state index contributed by atoms with van der Waals surface area (Å²) in [4.78, 5) is 11.6. The van der Waals surface area contributed by atoms with E-state index in [0.717, 1.165) is 12.5 Å². The van der Waals surface area contributed by atoms with Gasteiger partial charge in [0, 0.05) is 25.0 Å². The van der Waals surface area contributed by atoms with E-state index in [4.69, 9.17) is 0 Å². The van der Waals surface area contributed by atoms with Crippen LogP contribution in [0, 0.1) is 6.92 Å². The highest BCUT2D eigenvalue weighted by molar-refractivity contribution is 5.36. The van der Waals surface area contributed by atoms with E-state index in [1.54, 1.807) is 13.1 Å². The highest BCUT2D eigenvalue weighted by atomic mass is 19.4. The van der Waals surface area contributed by atoms with Crippen LogP contribution in [0.2, 0.25) is 0 Å². The molecule has 0 saturated heterocycles. The summed E-state index contributed by atoms with van der Waals surface area (Å²) in [5.74, 6) is 0.656. The lowest BCUT2D eigenvalue weighted by molar-refractivity contribution is -0.141. The van der Waals surface area contributed by atoms with Crippen molar-refractivity contribution < 1.29 is 13.2 Å². The predicted molar refractivity (Wildman–Crippen MR) is 67.7 cm³/mol. The second-order valence-electron chi connectivity index (χ2n) is 4.20. The smallest absolute Gasteiger partial charge is 0.354 e. The summed E-state index contributed by atoms with van der Waals surface area (Å²) < 4.78 is 40.1. The van der Waals surface area contributed by atoms with E-state index in [-0.39, 0.29) is 11.8 Å². The summed E-state index contributed by atoms with van der Waals surface area (Å²) in [6, 6.07) is 0.909. The molecule has 2 rings (SSSR count). The van der Waals surface area contributed by atoms with Gasteiger partial charge in [0.05, 0.1) is 0 Å². The summed E-state index contributed by atoms with van der Waals surface area (Å²) in [5.41, 5.74) is -0.978. The van der Waals surface area contributed by atoms with Gasteiger partial charge in [-0.15, -0.1) is 0 Å². The van der Waals surface area contributed by atoms with Crippen molar-refractivity contribution in [1.29, 1.82) is 0 Å². The topological polar surface area (TPSA) is 55.6 Å². The van der Waals surface area contributed by atoms with Crippen molar-refractivity contribution >= 4 is 5.95 Å². The molecule has 8 heteroatoms. The summed E-state index contributed by atoms with van der Waals surface area (Å²) in [5, 5.41) is 2.77. The number of aryl methyl sites for hydroxylation is 1. The first-order valence-corrected chi connectivity index (χ1v) is 6.12. The minimum atomic E-state index is -4.52. The number of nitrogens with one attached hydrogen (secondary N) is 1. The molecule has 0 aliphatic carbocycles. The highest BCUT2D eigenvalue weighted by Gasteiger charge is 2.34. The number of hydrogen-bond donors (Lipinski definition) is 1. The fraction of sp³-hybridized carbons (Fsp3) is 0.417. The van der Waals surface area contributed by atoms with Crippen LogP contribution in [-0.2, 0) is 6.18 Å². The molecule has 0 saturated carbocycles. The van der Waals surface area contributed by atoms with Crippen LogP contribution in [0.25, 0.3) is 5.82 Å². The van der Waals surface area contributed by atoms with Crippen molar-refractivity contribution in [3.63, 3.8) is 0 Å². The first-order valence-electron chi connectivity index (χ1n) is 6.12. The molecule has 0 fully saturated rings. The molecule has 0 spiro atoms. The van der Waals surface area contributed by atoms with Gasteiger partial charge in [-0.1, -0.05) is 6.92 Å². The van der Waals surface area contributed by atoms with E-state index < -0.39 is 11.9 Å². The van der Waals surface area contributed by atoms with Crippen LogP contribution >= 0.6 is 0 Å². The van der Waals surface area contributed by atoms with Crippen LogP contribution in [-0.4, -0.2) is 26.1 Å². The number of halogens is 3. The second-order valence-corrected chi connectivity index (χ2v) is 4.20. The van der Waals surface area contributed by atoms with Crippen molar-refractivity contribution in [3.05, 3.63) is 30.0 Å². The van der Waals surface area contributed by atoms with Crippen LogP contribution in [0.15, 0.2) is 18.5 Å². The van der Waals surface area contributed by atoms with Crippen molar-refractivity contribution in [1.82, 2.24) is 19.5 Å². The lowest BCUT2D eigenvalue weighted by Crippen LogP contribution is -2.14. The number of aromatic nitrogens is 4. The monoisotopic (exact) mass is 285 g/mol. The average Bonchev–Trinajstić information content (AvgIpc) is 2.81. The van der Waals surface area contributed by atoms with Crippen molar-refractivity contribution in [2.45, 2.75) is 26.4 Å². The number of hydrogen-bond acceptors (Lipinski definition) is 4. The Kier molecular flexibility index (Phi) is 3.91. The standard InChI is InChI=1S/C12H14F3N5/c1-3-4-17-11-18-9(12(13,14)15)7-10(19-11)20-6-5-16-8(20)2/h5-7H,3-4H2,1-2H3,(H,17,18,19). The van der Waals surface area contributed by atoms with Gasteiger partial charge < -0.3 is 5.32 Å². The molecule has 2 aromatic heterocycles. The third kappa shape index (κ3) is 3.06. The Balaban J connectivity index is 2.48. The van der Waals surface area contributed by atoms with Crippen LogP contribution in [0.5, 0.6) is 0 Å². The minimum absolute atomic E-state index is 0.0372. The number of imidazole rings is 1. The van der Waals surface area contributed by atoms with Gasteiger partial charge in [0.1, 0.15) is 11.6 Å². The molecular formula is C12H14F3N5. The number of alkyl halides is 3. The lowest BCUT2D eigenvalue weighted by atomic mass is 10.3.